The molecule has 140 valence electrons. The predicted molar refractivity (Wildman–Crippen MR) is 107 cm³/mol. The Hall–Kier alpha value is -1.59. The Balaban J connectivity index is 2.03. The first kappa shape index (κ1) is 20.7. The third kappa shape index (κ3) is 6.29. The van der Waals surface area contributed by atoms with Gasteiger partial charge in [0.2, 0.25) is 0 Å². The van der Waals surface area contributed by atoms with Gasteiger partial charge in [-0.05, 0) is 60.4 Å². The fraction of sp³-hybridized carbons (Fsp3) is 0.350. The Morgan fingerprint density at radius 1 is 1.15 bits per heavy atom. The van der Waals surface area contributed by atoms with Crippen LogP contribution in [0.3, 0.4) is 0 Å². The summed E-state index contributed by atoms with van der Waals surface area (Å²) in [4.78, 5) is 14.3. The molecule has 0 bridgehead atoms. The van der Waals surface area contributed by atoms with E-state index in [1.807, 2.05) is 38.1 Å². The van der Waals surface area contributed by atoms with Gasteiger partial charge in [-0.15, -0.1) is 0 Å². The summed E-state index contributed by atoms with van der Waals surface area (Å²) in [6.07, 6.45) is 1.36. The quantitative estimate of drug-likeness (QED) is 0.365. The van der Waals surface area contributed by atoms with Crippen molar-refractivity contribution in [1.29, 1.82) is 0 Å². The van der Waals surface area contributed by atoms with Gasteiger partial charge >= 0.3 is 5.97 Å². The Morgan fingerprint density at radius 3 is 2.50 bits per heavy atom. The fourth-order valence-electron chi connectivity index (χ4n) is 2.86. The van der Waals surface area contributed by atoms with E-state index >= 15 is 0 Å². The van der Waals surface area contributed by atoms with Crippen LogP contribution in [0.2, 0.25) is 5.02 Å². The predicted octanol–water partition coefficient (Wildman–Crippen LogP) is 4.76. The fourth-order valence-corrected chi connectivity index (χ4v) is 3.21. The molecule has 2 aromatic carbocycles. The SMILES string of the molecule is CCOC(=O)C(C)C[C@@H](Cc1ccc(-c2cccc(Cl)c2)cc1)NNCl. The monoisotopic (exact) mass is 394 g/mol. The van der Waals surface area contributed by atoms with Crippen molar-refractivity contribution in [2.24, 2.45) is 5.92 Å². The molecule has 0 spiro atoms. The molecule has 0 aliphatic carbocycles. The van der Waals surface area contributed by atoms with Gasteiger partial charge in [-0.1, -0.05) is 54.9 Å². The summed E-state index contributed by atoms with van der Waals surface area (Å²) in [5.74, 6) is -0.395. The first-order valence-corrected chi connectivity index (χ1v) is 9.41. The van der Waals surface area contributed by atoms with Gasteiger partial charge in [0.25, 0.3) is 0 Å². The lowest BCUT2D eigenvalue weighted by molar-refractivity contribution is -0.147. The topological polar surface area (TPSA) is 50.4 Å². The molecule has 2 N–H and O–H groups in total. The lowest BCUT2D eigenvalue weighted by Crippen LogP contribution is -2.39. The summed E-state index contributed by atoms with van der Waals surface area (Å²) >= 11 is 11.7. The first-order chi connectivity index (χ1) is 12.5. The second-order valence-electron chi connectivity index (χ2n) is 6.24. The summed E-state index contributed by atoms with van der Waals surface area (Å²) in [6, 6.07) is 16.1. The van der Waals surface area contributed by atoms with E-state index in [-0.39, 0.29) is 17.9 Å². The molecular formula is C20H24Cl2N2O2. The van der Waals surface area contributed by atoms with Crippen LogP contribution >= 0.6 is 23.4 Å². The molecule has 0 aliphatic rings. The molecule has 0 amide bonds. The molecule has 0 aliphatic heterocycles. The molecule has 0 heterocycles. The highest BCUT2D eigenvalue weighted by molar-refractivity contribution is 6.30. The van der Waals surface area contributed by atoms with Crippen molar-refractivity contribution < 1.29 is 9.53 Å². The molecule has 2 atom stereocenters. The molecule has 0 aromatic heterocycles. The highest BCUT2D eigenvalue weighted by Crippen LogP contribution is 2.23. The zero-order valence-electron chi connectivity index (χ0n) is 15.0. The number of nitrogens with one attached hydrogen (secondary N) is 2. The van der Waals surface area contributed by atoms with E-state index in [2.05, 4.69) is 34.6 Å². The van der Waals surface area contributed by atoms with Crippen molar-refractivity contribution in [1.82, 2.24) is 10.4 Å². The van der Waals surface area contributed by atoms with Crippen LogP contribution in [0.4, 0.5) is 0 Å². The molecule has 1 unspecified atom stereocenters. The number of hydrogen-bond donors (Lipinski definition) is 2. The minimum Gasteiger partial charge on any atom is -0.466 e. The Morgan fingerprint density at radius 2 is 1.88 bits per heavy atom. The van der Waals surface area contributed by atoms with Crippen molar-refractivity contribution >= 4 is 29.3 Å². The van der Waals surface area contributed by atoms with Gasteiger partial charge in [-0.2, -0.15) is 4.94 Å². The van der Waals surface area contributed by atoms with E-state index in [0.29, 0.717) is 13.0 Å². The number of carbonyl (C=O) groups excluding carboxylic acids is 1. The van der Waals surface area contributed by atoms with E-state index in [9.17, 15) is 4.79 Å². The van der Waals surface area contributed by atoms with E-state index in [1.54, 1.807) is 0 Å². The number of rotatable bonds is 9. The zero-order chi connectivity index (χ0) is 18.9. The van der Waals surface area contributed by atoms with Crippen molar-refractivity contribution in [3.63, 3.8) is 0 Å². The number of esters is 1. The molecule has 0 saturated heterocycles. The summed E-state index contributed by atoms with van der Waals surface area (Å²) in [7, 11) is 0. The van der Waals surface area contributed by atoms with Crippen LogP contribution in [-0.4, -0.2) is 18.6 Å². The Kier molecular flexibility index (Phi) is 8.39. The van der Waals surface area contributed by atoms with Gasteiger partial charge in [-0.25, -0.2) is 5.43 Å². The summed E-state index contributed by atoms with van der Waals surface area (Å²) in [5.41, 5.74) is 6.34. The van der Waals surface area contributed by atoms with Crippen LogP contribution < -0.4 is 10.4 Å². The van der Waals surface area contributed by atoms with E-state index in [0.717, 1.165) is 28.1 Å². The van der Waals surface area contributed by atoms with Crippen LogP contribution in [0.5, 0.6) is 0 Å². The number of carbonyl (C=O) groups is 1. The summed E-state index contributed by atoms with van der Waals surface area (Å²) < 4.78 is 5.08. The molecule has 4 nitrogen and oxygen atoms in total. The van der Waals surface area contributed by atoms with Crippen molar-refractivity contribution in [3.05, 3.63) is 59.1 Å². The van der Waals surface area contributed by atoms with Crippen molar-refractivity contribution in [2.45, 2.75) is 32.7 Å². The Bertz CT molecular complexity index is 707. The molecule has 0 fully saturated rings. The van der Waals surface area contributed by atoms with Crippen molar-refractivity contribution in [3.8, 4) is 11.1 Å². The van der Waals surface area contributed by atoms with Crippen LogP contribution in [0.25, 0.3) is 11.1 Å². The number of ether oxygens (including phenoxy) is 1. The maximum absolute atomic E-state index is 11.9. The van der Waals surface area contributed by atoms with E-state index in [4.69, 9.17) is 28.1 Å². The number of halogens is 2. The highest BCUT2D eigenvalue weighted by atomic mass is 35.5. The molecule has 2 rings (SSSR count). The highest BCUT2D eigenvalue weighted by Gasteiger charge is 2.20. The van der Waals surface area contributed by atoms with Crippen molar-refractivity contribution in [2.75, 3.05) is 6.61 Å². The van der Waals surface area contributed by atoms with Crippen LogP contribution in [0.15, 0.2) is 48.5 Å². The molecule has 2 aromatic rings. The standard InChI is InChI=1S/C20H24Cl2N2O2/c1-3-26-20(25)14(2)11-19(23-24-22)12-15-7-9-16(10-8-15)17-5-4-6-18(21)13-17/h4-10,13-14,19,23-24H,3,11-12H2,1-2H3/t14?,19-/m0/s1. The minimum atomic E-state index is -0.205. The smallest absolute Gasteiger partial charge is 0.308 e. The summed E-state index contributed by atoms with van der Waals surface area (Å²) in [6.45, 7) is 4.06. The number of benzene rings is 2. The minimum absolute atomic E-state index is 0.00364. The molecule has 0 saturated carbocycles. The second kappa shape index (κ2) is 10.5. The van der Waals surface area contributed by atoms with Gasteiger partial charge in [0.15, 0.2) is 0 Å². The normalized spacial score (nSPS) is 13.2. The maximum atomic E-state index is 11.9. The maximum Gasteiger partial charge on any atom is 0.308 e. The Labute approximate surface area is 164 Å². The van der Waals surface area contributed by atoms with Crippen LogP contribution in [0.1, 0.15) is 25.8 Å². The van der Waals surface area contributed by atoms with Gasteiger partial charge in [0, 0.05) is 11.1 Å². The lowest BCUT2D eigenvalue weighted by Gasteiger charge is -2.20. The van der Waals surface area contributed by atoms with Crippen LogP contribution in [-0.2, 0) is 16.0 Å². The van der Waals surface area contributed by atoms with Gasteiger partial charge in [0.1, 0.15) is 0 Å². The summed E-state index contributed by atoms with van der Waals surface area (Å²) in [5, 5.41) is 0.719. The number of hydrogen-bond acceptors (Lipinski definition) is 4. The molecule has 6 heteroatoms. The third-order valence-corrected chi connectivity index (χ3v) is 4.52. The molecule has 26 heavy (non-hydrogen) atoms. The average molecular weight is 395 g/mol. The first-order valence-electron chi connectivity index (χ1n) is 8.66. The molecular weight excluding hydrogens is 371 g/mol. The van der Waals surface area contributed by atoms with Gasteiger partial charge in [0.05, 0.1) is 12.5 Å². The zero-order valence-corrected chi connectivity index (χ0v) is 16.5. The number of hydrazine groups is 1. The van der Waals surface area contributed by atoms with E-state index < -0.39 is 0 Å². The average Bonchev–Trinajstić information content (AvgIpc) is 2.62. The largest absolute Gasteiger partial charge is 0.466 e. The van der Waals surface area contributed by atoms with Crippen LogP contribution in [0, 0.1) is 5.92 Å². The van der Waals surface area contributed by atoms with Gasteiger partial charge < -0.3 is 4.74 Å². The lowest BCUT2D eigenvalue weighted by atomic mass is 9.95. The third-order valence-electron chi connectivity index (χ3n) is 4.18. The van der Waals surface area contributed by atoms with E-state index in [1.165, 1.54) is 0 Å². The molecule has 0 radical (unpaired) electrons. The second-order valence-corrected chi connectivity index (χ2v) is 6.86. The van der Waals surface area contributed by atoms with Gasteiger partial charge in [-0.3, -0.25) is 4.79 Å².